The number of hydrogen-bond acceptors (Lipinski definition) is 5. The van der Waals surface area contributed by atoms with Gasteiger partial charge in [-0.05, 0) is 24.3 Å². The molecule has 0 N–H and O–H groups in total. The van der Waals surface area contributed by atoms with Gasteiger partial charge in [0, 0.05) is 50.2 Å². The zero-order valence-electron chi connectivity index (χ0n) is 12.8. The number of anilines is 1. The van der Waals surface area contributed by atoms with E-state index < -0.39 is 4.92 Å². The van der Waals surface area contributed by atoms with Gasteiger partial charge in [-0.3, -0.25) is 14.9 Å². The molecule has 1 aromatic carbocycles. The molecule has 1 aromatic heterocycles. The third kappa shape index (κ3) is 3.30. The predicted molar refractivity (Wildman–Crippen MR) is 90.5 cm³/mol. The van der Waals surface area contributed by atoms with Crippen molar-refractivity contribution in [2.24, 2.45) is 0 Å². The second-order valence-electron chi connectivity index (χ2n) is 5.39. The summed E-state index contributed by atoms with van der Waals surface area (Å²) >= 11 is 5.98. The molecule has 0 unspecified atom stereocenters. The predicted octanol–water partition coefficient (Wildman–Crippen LogP) is 2.61. The first kappa shape index (κ1) is 16.2. The minimum absolute atomic E-state index is 0.0683. The summed E-state index contributed by atoms with van der Waals surface area (Å²) in [5.74, 6) is -0.128. The maximum Gasteiger partial charge on any atom is 0.269 e. The van der Waals surface area contributed by atoms with Crippen LogP contribution in [0.25, 0.3) is 0 Å². The van der Waals surface area contributed by atoms with Gasteiger partial charge in [0.05, 0.1) is 10.5 Å². The highest BCUT2D eigenvalue weighted by Crippen LogP contribution is 2.22. The summed E-state index contributed by atoms with van der Waals surface area (Å²) in [6, 6.07) is 9.79. The van der Waals surface area contributed by atoms with E-state index >= 15 is 0 Å². The van der Waals surface area contributed by atoms with Gasteiger partial charge in [0.15, 0.2) is 0 Å². The van der Waals surface area contributed by atoms with Gasteiger partial charge in [-0.1, -0.05) is 11.6 Å². The van der Waals surface area contributed by atoms with Gasteiger partial charge in [0.2, 0.25) is 0 Å². The zero-order chi connectivity index (χ0) is 17.1. The average Bonchev–Trinajstić information content (AvgIpc) is 2.62. The molecule has 1 fully saturated rings. The molecule has 0 radical (unpaired) electrons. The van der Waals surface area contributed by atoms with Crippen LogP contribution in [0.1, 0.15) is 10.4 Å². The monoisotopic (exact) mass is 346 g/mol. The van der Waals surface area contributed by atoms with Crippen LogP contribution in [0.4, 0.5) is 11.4 Å². The number of nitro groups is 1. The molecule has 7 nitrogen and oxygen atoms in total. The van der Waals surface area contributed by atoms with E-state index in [0.717, 1.165) is 5.69 Å². The lowest BCUT2D eigenvalue weighted by Gasteiger charge is -2.36. The molecule has 8 heteroatoms. The maximum atomic E-state index is 12.5. The van der Waals surface area contributed by atoms with Crippen molar-refractivity contribution in [3.05, 3.63) is 63.4 Å². The smallest absolute Gasteiger partial charge is 0.269 e. The van der Waals surface area contributed by atoms with Crippen LogP contribution in [0.5, 0.6) is 0 Å². The van der Waals surface area contributed by atoms with Gasteiger partial charge in [-0.2, -0.15) is 0 Å². The number of rotatable bonds is 3. The molecule has 24 heavy (non-hydrogen) atoms. The summed E-state index contributed by atoms with van der Waals surface area (Å²) in [6.07, 6.45) is 1.55. The number of carbonyl (C=O) groups excluding carboxylic acids is 1. The summed E-state index contributed by atoms with van der Waals surface area (Å²) in [7, 11) is 0. The Bertz CT molecular complexity index is 758. The van der Waals surface area contributed by atoms with Crippen LogP contribution in [-0.4, -0.2) is 46.9 Å². The number of amides is 1. The SMILES string of the molecule is O=C(c1cccnc1Cl)N1CCN(c2ccc([N+](=O)[O-])cc2)CC1. The molecule has 1 aliphatic rings. The number of benzene rings is 1. The second-order valence-corrected chi connectivity index (χ2v) is 5.75. The van der Waals surface area contributed by atoms with Crippen molar-refractivity contribution in [1.29, 1.82) is 0 Å². The number of halogens is 1. The Morgan fingerprint density at radius 3 is 2.38 bits per heavy atom. The van der Waals surface area contributed by atoms with Crippen molar-refractivity contribution >= 4 is 28.9 Å². The van der Waals surface area contributed by atoms with Crippen molar-refractivity contribution in [3.8, 4) is 0 Å². The Morgan fingerprint density at radius 1 is 1.12 bits per heavy atom. The molecule has 0 saturated carbocycles. The van der Waals surface area contributed by atoms with Crippen LogP contribution in [0.2, 0.25) is 5.15 Å². The highest BCUT2D eigenvalue weighted by atomic mass is 35.5. The fourth-order valence-electron chi connectivity index (χ4n) is 2.67. The standard InChI is InChI=1S/C16H15ClN4O3/c17-15-14(2-1-7-18-15)16(22)20-10-8-19(9-11-20)12-3-5-13(6-4-12)21(23)24/h1-7H,8-11H2. The normalized spacial score (nSPS) is 14.5. The van der Waals surface area contributed by atoms with Crippen LogP contribution in [0.3, 0.4) is 0 Å². The molecule has 2 heterocycles. The van der Waals surface area contributed by atoms with Crippen LogP contribution in [0.15, 0.2) is 42.6 Å². The largest absolute Gasteiger partial charge is 0.368 e. The minimum atomic E-state index is -0.419. The van der Waals surface area contributed by atoms with E-state index in [1.165, 1.54) is 12.1 Å². The molecule has 3 rings (SSSR count). The summed E-state index contributed by atoms with van der Waals surface area (Å²) < 4.78 is 0. The Hall–Kier alpha value is -2.67. The number of aromatic nitrogens is 1. The molecule has 0 aliphatic carbocycles. The van der Waals surface area contributed by atoms with E-state index in [2.05, 4.69) is 9.88 Å². The van der Waals surface area contributed by atoms with Gasteiger partial charge >= 0.3 is 0 Å². The highest BCUT2D eigenvalue weighted by Gasteiger charge is 2.24. The van der Waals surface area contributed by atoms with Crippen molar-refractivity contribution in [2.75, 3.05) is 31.1 Å². The first-order valence-corrected chi connectivity index (χ1v) is 7.83. The van der Waals surface area contributed by atoms with Crippen molar-refractivity contribution in [3.63, 3.8) is 0 Å². The number of hydrogen-bond donors (Lipinski definition) is 0. The molecule has 124 valence electrons. The van der Waals surface area contributed by atoms with E-state index in [4.69, 9.17) is 11.6 Å². The number of nitro benzene ring substituents is 1. The molecule has 0 bridgehead atoms. The third-order valence-electron chi connectivity index (χ3n) is 3.98. The zero-order valence-corrected chi connectivity index (χ0v) is 13.5. The van der Waals surface area contributed by atoms with Crippen LogP contribution in [0, 0.1) is 10.1 Å². The molecule has 0 spiro atoms. The lowest BCUT2D eigenvalue weighted by molar-refractivity contribution is -0.384. The lowest BCUT2D eigenvalue weighted by atomic mass is 10.2. The molecule has 1 amide bonds. The quantitative estimate of drug-likeness (QED) is 0.485. The van der Waals surface area contributed by atoms with Crippen LogP contribution < -0.4 is 4.90 Å². The van der Waals surface area contributed by atoms with Gasteiger partial charge in [-0.15, -0.1) is 0 Å². The fourth-order valence-corrected chi connectivity index (χ4v) is 2.87. The molecular formula is C16H15ClN4O3. The van der Waals surface area contributed by atoms with Gasteiger partial charge in [-0.25, -0.2) is 4.98 Å². The van der Waals surface area contributed by atoms with Crippen LogP contribution >= 0.6 is 11.6 Å². The van der Waals surface area contributed by atoms with E-state index in [-0.39, 0.29) is 16.7 Å². The van der Waals surface area contributed by atoms with Crippen molar-refractivity contribution < 1.29 is 9.72 Å². The minimum Gasteiger partial charge on any atom is -0.368 e. The second kappa shape index (κ2) is 6.84. The van der Waals surface area contributed by atoms with Crippen molar-refractivity contribution in [1.82, 2.24) is 9.88 Å². The summed E-state index contributed by atoms with van der Waals surface area (Å²) in [5, 5.41) is 10.9. The summed E-state index contributed by atoms with van der Waals surface area (Å²) in [4.78, 5) is 30.5. The van der Waals surface area contributed by atoms with Crippen molar-refractivity contribution in [2.45, 2.75) is 0 Å². The number of pyridine rings is 1. The van der Waals surface area contributed by atoms with E-state index in [1.807, 2.05) is 0 Å². The van der Waals surface area contributed by atoms with Gasteiger partial charge < -0.3 is 9.80 Å². The van der Waals surface area contributed by atoms with E-state index in [0.29, 0.717) is 31.7 Å². The molecule has 1 saturated heterocycles. The molecule has 1 aliphatic heterocycles. The van der Waals surface area contributed by atoms with E-state index in [1.54, 1.807) is 35.4 Å². The maximum absolute atomic E-state index is 12.5. The number of carbonyl (C=O) groups is 1. The fraction of sp³-hybridized carbons (Fsp3) is 0.250. The Morgan fingerprint density at radius 2 is 1.79 bits per heavy atom. The summed E-state index contributed by atoms with van der Waals surface area (Å²) in [5.41, 5.74) is 1.38. The number of non-ortho nitro benzene ring substituents is 1. The number of nitrogens with zero attached hydrogens (tertiary/aromatic N) is 4. The Labute approximate surface area is 143 Å². The molecular weight excluding hydrogens is 332 g/mol. The van der Waals surface area contributed by atoms with E-state index in [9.17, 15) is 14.9 Å². The topological polar surface area (TPSA) is 79.6 Å². The molecule has 0 atom stereocenters. The number of piperazine rings is 1. The highest BCUT2D eigenvalue weighted by molar-refractivity contribution is 6.32. The average molecular weight is 347 g/mol. The summed E-state index contributed by atoms with van der Waals surface area (Å²) in [6.45, 7) is 2.42. The van der Waals surface area contributed by atoms with Gasteiger partial charge in [0.25, 0.3) is 11.6 Å². The molecule has 2 aromatic rings. The Kier molecular flexibility index (Phi) is 4.61. The first-order chi connectivity index (χ1) is 11.6. The third-order valence-corrected chi connectivity index (χ3v) is 4.28. The van der Waals surface area contributed by atoms with Crippen LogP contribution in [-0.2, 0) is 0 Å². The first-order valence-electron chi connectivity index (χ1n) is 7.45. The van der Waals surface area contributed by atoms with Gasteiger partial charge in [0.1, 0.15) is 5.15 Å². The lowest BCUT2D eigenvalue weighted by Crippen LogP contribution is -2.48. The Balaban J connectivity index is 1.64.